The second-order valence-electron chi connectivity index (χ2n) is 19.2. The molecule has 0 aliphatic rings. The molecule has 1 atom stereocenters. The number of carbonyl (C=O) groups excluding carboxylic acids is 3. The Kier molecular flexibility index (Phi) is 53.8. The molecule has 0 spiro atoms. The van der Waals surface area contributed by atoms with E-state index in [0.717, 1.165) is 96.3 Å². The molecule has 0 aromatic carbocycles. The maximum absolute atomic E-state index is 12.9. The quantitative estimate of drug-likeness (QED) is 0.0262. The summed E-state index contributed by atoms with van der Waals surface area (Å²) in [7, 11) is 0. The summed E-state index contributed by atoms with van der Waals surface area (Å²) >= 11 is 0. The highest BCUT2D eigenvalue weighted by Gasteiger charge is 2.19. The molecule has 0 radical (unpaired) electrons. The van der Waals surface area contributed by atoms with Gasteiger partial charge in [0.05, 0.1) is 0 Å². The van der Waals surface area contributed by atoms with Crippen molar-refractivity contribution in [1.82, 2.24) is 0 Å². The van der Waals surface area contributed by atoms with E-state index in [1.165, 1.54) is 148 Å². The number of rotatable bonds is 52. The summed E-state index contributed by atoms with van der Waals surface area (Å²) in [6, 6.07) is 0. The molecule has 6 heteroatoms. The lowest BCUT2D eigenvalue weighted by Crippen LogP contribution is -2.30. The van der Waals surface area contributed by atoms with Gasteiger partial charge in [0, 0.05) is 19.3 Å². The molecular formula is C62H108O6. The van der Waals surface area contributed by atoms with E-state index in [9.17, 15) is 14.4 Å². The second-order valence-corrected chi connectivity index (χ2v) is 19.2. The van der Waals surface area contributed by atoms with Crippen LogP contribution in [0.15, 0.2) is 72.9 Å². The predicted molar refractivity (Wildman–Crippen MR) is 293 cm³/mol. The van der Waals surface area contributed by atoms with Gasteiger partial charge in [-0.3, -0.25) is 14.4 Å². The summed E-state index contributed by atoms with van der Waals surface area (Å²) in [5.41, 5.74) is 0. The van der Waals surface area contributed by atoms with Gasteiger partial charge < -0.3 is 14.2 Å². The first-order chi connectivity index (χ1) is 33.5. The monoisotopic (exact) mass is 949 g/mol. The van der Waals surface area contributed by atoms with Crippen LogP contribution in [-0.4, -0.2) is 37.2 Å². The van der Waals surface area contributed by atoms with E-state index in [-0.39, 0.29) is 31.1 Å². The van der Waals surface area contributed by atoms with Gasteiger partial charge in [-0.05, 0) is 70.6 Å². The van der Waals surface area contributed by atoms with E-state index in [1.54, 1.807) is 0 Å². The minimum Gasteiger partial charge on any atom is -0.462 e. The highest BCUT2D eigenvalue weighted by Crippen LogP contribution is 2.16. The SMILES string of the molecule is CC/C=C\C/C=C\C/C=C\C/C=C\C/C=C\C/C=C\CCCCC(=O)OCC(COC(=O)CCCCCCCCCCCCC)OC(=O)CCCCCCCCCCCCCCCCCCCC. The molecule has 0 saturated carbocycles. The maximum atomic E-state index is 12.9. The lowest BCUT2D eigenvalue weighted by molar-refractivity contribution is -0.167. The Morgan fingerprint density at radius 2 is 0.574 bits per heavy atom. The number of unbranched alkanes of at least 4 members (excludes halogenated alkanes) is 29. The summed E-state index contributed by atoms with van der Waals surface area (Å²) < 4.78 is 16.8. The lowest BCUT2D eigenvalue weighted by atomic mass is 10.0. The Morgan fingerprint density at radius 3 is 0.897 bits per heavy atom. The molecule has 1 unspecified atom stereocenters. The molecule has 0 aromatic rings. The molecule has 0 aliphatic heterocycles. The van der Waals surface area contributed by atoms with Crippen LogP contribution in [0.3, 0.4) is 0 Å². The van der Waals surface area contributed by atoms with Gasteiger partial charge in [-0.1, -0.05) is 267 Å². The van der Waals surface area contributed by atoms with E-state index in [1.807, 2.05) is 0 Å². The van der Waals surface area contributed by atoms with Crippen LogP contribution in [0.5, 0.6) is 0 Å². The van der Waals surface area contributed by atoms with Crippen LogP contribution in [0.1, 0.15) is 284 Å². The molecule has 0 N–H and O–H groups in total. The highest BCUT2D eigenvalue weighted by molar-refractivity contribution is 5.71. The van der Waals surface area contributed by atoms with Crippen molar-refractivity contribution in [2.24, 2.45) is 0 Å². The summed E-state index contributed by atoms with van der Waals surface area (Å²) in [6.07, 6.45) is 71.8. The number of carbonyl (C=O) groups is 3. The van der Waals surface area contributed by atoms with E-state index in [4.69, 9.17) is 14.2 Å². The Morgan fingerprint density at radius 1 is 0.309 bits per heavy atom. The van der Waals surface area contributed by atoms with Gasteiger partial charge in [0.1, 0.15) is 13.2 Å². The van der Waals surface area contributed by atoms with Crippen LogP contribution in [0, 0.1) is 0 Å². The summed E-state index contributed by atoms with van der Waals surface area (Å²) in [4.78, 5) is 38.1. The van der Waals surface area contributed by atoms with Gasteiger partial charge in [-0.15, -0.1) is 0 Å². The average Bonchev–Trinajstić information content (AvgIpc) is 3.34. The van der Waals surface area contributed by atoms with Gasteiger partial charge in [0.25, 0.3) is 0 Å². The Balaban J connectivity index is 4.39. The summed E-state index contributed by atoms with van der Waals surface area (Å²) in [6.45, 7) is 6.51. The molecule has 0 rings (SSSR count). The molecule has 0 aromatic heterocycles. The van der Waals surface area contributed by atoms with Gasteiger partial charge in [-0.2, -0.15) is 0 Å². The average molecular weight is 950 g/mol. The normalized spacial score (nSPS) is 12.6. The molecule has 68 heavy (non-hydrogen) atoms. The van der Waals surface area contributed by atoms with Crippen LogP contribution in [0.25, 0.3) is 0 Å². The smallest absolute Gasteiger partial charge is 0.306 e. The van der Waals surface area contributed by atoms with Crippen molar-refractivity contribution in [3.8, 4) is 0 Å². The molecule has 0 bridgehead atoms. The van der Waals surface area contributed by atoms with E-state index < -0.39 is 6.10 Å². The number of ether oxygens (including phenoxy) is 3. The number of hydrogen-bond donors (Lipinski definition) is 0. The van der Waals surface area contributed by atoms with E-state index in [2.05, 4.69) is 93.7 Å². The van der Waals surface area contributed by atoms with Gasteiger partial charge in [0.15, 0.2) is 6.10 Å². The van der Waals surface area contributed by atoms with Crippen molar-refractivity contribution in [2.75, 3.05) is 13.2 Å². The molecular weight excluding hydrogens is 841 g/mol. The first-order valence-corrected chi connectivity index (χ1v) is 28.9. The third-order valence-electron chi connectivity index (χ3n) is 12.5. The zero-order valence-electron chi connectivity index (χ0n) is 44.9. The van der Waals surface area contributed by atoms with Crippen LogP contribution < -0.4 is 0 Å². The first kappa shape index (κ1) is 64.8. The van der Waals surface area contributed by atoms with Gasteiger partial charge in [0.2, 0.25) is 0 Å². The zero-order chi connectivity index (χ0) is 49.3. The van der Waals surface area contributed by atoms with Crippen LogP contribution in [0.4, 0.5) is 0 Å². The van der Waals surface area contributed by atoms with Crippen molar-refractivity contribution < 1.29 is 28.6 Å². The highest BCUT2D eigenvalue weighted by atomic mass is 16.6. The summed E-state index contributed by atoms with van der Waals surface area (Å²) in [5.74, 6) is -0.920. The van der Waals surface area contributed by atoms with Crippen molar-refractivity contribution >= 4 is 17.9 Å². The summed E-state index contributed by atoms with van der Waals surface area (Å²) in [5, 5.41) is 0. The maximum Gasteiger partial charge on any atom is 0.306 e. The van der Waals surface area contributed by atoms with Crippen molar-refractivity contribution in [1.29, 1.82) is 0 Å². The third-order valence-corrected chi connectivity index (χ3v) is 12.5. The largest absolute Gasteiger partial charge is 0.462 e. The fourth-order valence-corrected chi connectivity index (χ4v) is 8.15. The van der Waals surface area contributed by atoms with E-state index in [0.29, 0.717) is 19.3 Å². The van der Waals surface area contributed by atoms with Crippen LogP contribution in [0.2, 0.25) is 0 Å². The molecule has 0 saturated heterocycles. The minimum absolute atomic E-state index is 0.0856. The fourth-order valence-electron chi connectivity index (χ4n) is 8.15. The fraction of sp³-hybridized carbons (Fsp3) is 0.758. The standard InChI is InChI=1S/C62H108O6/c1-4-7-10-13-16-19-22-24-26-28-30-31-32-34-35-37-40-43-46-49-52-55-61(64)67-58-59(57-66-60(63)54-51-48-45-42-39-21-18-15-12-9-6-3)68-62(65)56-53-50-47-44-41-38-36-33-29-27-25-23-20-17-14-11-8-5-2/h7,10,16,19,24,26,30-31,34-35,40,43,59H,4-6,8-9,11-15,17-18,20-23,25,27-29,32-33,36-39,41-42,44-58H2,1-3H3/b10-7-,19-16-,26-24-,31-30-,35-34-,43-40-. The Labute approximate surface area is 421 Å². The number of allylic oxidation sites excluding steroid dienone is 12. The minimum atomic E-state index is -0.790. The Hall–Kier alpha value is -3.15. The first-order valence-electron chi connectivity index (χ1n) is 28.9. The van der Waals surface area contributed by atoms with Gasteiger partial charge in [-0.25, -0.2) is 0 Å². The molecule has 0 aliphatic carbocycles. The Bertz CT molecular complexity index is 1270. The van der Waals surface area contributed by atoms with Crippen molar-refractivity contribution in [2.45, 2.75) is 290 Å². The molecule has 0 amide bonds. The number of hydrogen-bond acceptors (Lipinski definition) is 6. The molecule has 6 nitrogen and oxygen atoms in total. The lowest BCUT2D eigenvalue weighted by Gasteiger charge is -2.18. The van der Waals surface area contributed by atoms with Crippen LogP contribution >= 0.6 is 0 Å². The molecule has 0 fully saturated rings. The number of esters is 3. The topological polar surface area (TPSA) is 78.9 Å². The second kappa shape index (κ2) is 56.4. The zero-order valence-corrected chi connectivity index (χ0v) is 44.9. The van der Waals surface area contributed by atoms with Crippen molar-refractivity contribution in [3.05, 3.63) is 72.9 Å². The van der Waals surface area contributed by atoms with Gasteiger partial charge >= 0.3 is 17.9 Å². The van der Waals surface area contributed by atoms with E-state index >= 15 is 0 Å². The predicted octanol–water partition coefficient (Wildman–Crippen LogP) is 19.4. The molecule has 392 valence electrons. The van der Waals surface area contributed by atoms with Crippen molar-refractivity contribution in [3.63, 3.8) is 0 Å². The third kappa shape index (κ3) is 53.8. The molecule has 0 heterocycles. The van der Waals surface area contributed by atoms with Crippen LogP contribution in [-0.2, 0) is 28.6 Å².